The number of nitrogens with one attached hydrogen (secondary N) is 1. The minimum Gasteiger partial charge on any atom is -0.497 e. The zero-order valence-corrected chi connectivity index (χ0v) is 11.5. The highest BCUT2D eigenvalue weighted by Gasteiger charge is 2.12. The van der Waals surface area contributed by atoms with Gasteiger partial charge in [-0.3, -0.25) is 0 Å². The summed E-state index contributed by atoms with van der Waals surface area (Å²) in [5.74, 6) is 1.73. The standard InChI is InChI=1S/C16H19NO2/c1-17-16(12-7-9-14(18-2)10-8-12)13-5-4-6-15(11-13)19-3/h4-11,16-17H,1-3H3. The first-order valence-corrected chi connectivity index (χ1v) is 6.23. The van der Waals surface area contributed by atoms with Crippen molar-refractivity contribution < 1.29 is 9.47 Å². The average molecular weight is 257 g/mol. The van der Waals surface area contributed by atoms with E-state index in [9.17, 15) is 0 Å². The molecule has 2 rings (SSSR count). The highest BCUT2D eigenvalue weighted by molar-refractivity contribution is 5.38. The van der Waals surface area contributed by atoms with E-state index in [4.69, 9.17) is 9.47 Å². The number of rotatable bonds is 5. The Labute approximate surface area is 114 Å². The number of hydrogen-bond donors (Lipinski definition) is 1. The van der Waals surface area contributed by atoms with Crippen LogP contribution in [0.15, 0.2) is 48.5 Å². The lowest BCUT2D eigenvalue weighted by Crippen LogP contribution is -2.17. The van der Waals surface area contributed by atoms with Gasteiger partial charge in [-0.25, -0.2) is 0 Å². The summed E-state index contributed by atoms with van der Waals surface area (Å²) in [6.07, 6.45) is 0. The van der Waals surface area contributed by atoms with Crippen molar-refractivity contribution in [1.29, 1.82) is 0 Å². The van der Waals surface area contributed by atoms with E-state index in [2.05, 4.69) is 23.5 Å². The number of methoxy groups -OCH3 is 2. The van der Waals surface area contributed by atoms with Crippen molar-refractivity contribution in [2.75, 3.05) is 21.3 Å². The van der Waals surface area contributed by atoms with Crippen LogP contribution in [0.25, 0.3) is 0 Å². The maximum absolute atomic E-state index is 5.27. The molecule has 0 aliphatic carbocycles. The molecule has 1 N–H and O–H groups in total. The molecule has 3 nitrogen and oxygen atoms in total. The molecule has 0 fully saturated rings. The fraction of sp³-hybridized carbons (Fsp3) is 0.250. The van der Waals surface area contributed by atoms with Crippen LogP contribution in [0.3, 0.4) is 0 Å². The van der Waals surface area contributed by atoms with Gasteiger partial charge in [0.05, 0.1) is 20.3 Å². The lowest BCUT2D eigenvalue weighted by atomic mass is 9.98. The molecule has 100 valence electrons. The summed E-state index contributed by atoms with van der Waals surface area (Å²) in [6.45, 7) is 0. The number of hydrogen-bond acceptors (Lipinski definition) is 3. The van der Waals surface area contributed by atoms with E-state index in [1.165, 1.54) is 11.1 Å². The van der Waals surface area contributed by atoms with Gasteiger partial charge in [-0.15, -0.1) is 0 Å². The van der Waals surface area contributed by atoms with E-state index >= 15 is 0 Å². The van der Waals surface area contributed by atoms with Crippen molar-refractivity contribution in [2.24, 2.45) is 0 Å². The normalized spacial score (nSPS) is 11.9. The molecule has 2 aromatic carbocycles. The summed E-state index contributed by atoms with van der Waals surface area (Å²) < 4.78 is 10.5. The lowest BCUT2D eigenvalue weighted by molar-refractivity contribution is 0.413. The molecule has 0 bridgehead atoms. The molecular weight excluding hydrogens is 238 g/mol. The fourth-order valence-corrected chi connectivity index (χ4v) is 2.14. The molecule has 0 saturated heterocycles. The van der Waals surface area contributed by atoms with Crippen molar-refractivity contribution in [1.82, 2.24) is 5.32 Å². The van der Waals surface area contributed by atoms with Crippen LogP contribution in [0.5, 0.6) is 11.5 Å². The molecule has 19 heavy (non-hydrogen) atoms. The second-order valence-corrected chi connectivity index (χ2v) is 4.27. The molecule has 0 spiro atoms. The van der Waals surface area contributed by atoms with Crippen LogP contribution in [0.4, 0.5) is 0 Å². The second kappa shape index (κ2) is 6.25. The first-order valence-electron chi connectivity index (χ1n) is 6.23. The predicted octanol–water partition coefficient (Wildman–Crippen LogP) is 3.01. The van der Waals surface area contributed by atoms with E-state index in [-0.39, 0.29) is 6.04 Å². The summed E-state index contributed by atoms with van der Waals surface area (Å²) >= 11 is 0. The van der Waals surface area contributed by atoms with Crippen LogP contribution in [0, 0.1) is 0 Å². The first kappa shape index (κ1) is 13.4. The van der Waals surface area contributed by atoms with E-state index in [1.54, 1.807) is 14.2 Å². The summed E-state index contributed by atoms with van der Waals surface area (Å²) in [6, 6.07) is 16.3. The van der Waals surface area contributed by atoms with Crippen LogP contribution < -0.4 is 14.8 Å². The van der Waals surface area contributed by atoms with Crippen molar-refractivity contribution in [3.63, 3.8) is 0 Å². The van der Waals surface area contributed by atoms with Crippen LogP contribution in [0.1, 0.15) is 17.2 Å². The average Bonchev–Trinajstić information content (AvgIpc) is 2.49. The third-order valence-corrected chi connectivity index (χ3v) is 3.16. The smallest absolute Gasteiger partial charge is 0.119 e. The molecular formula is C16H19NO2. The largest absolute Gasteiger partial charge is 0.497 e. The quantitative estimate of drug-likeness (QED) is 0.893. The molecule has 0 amide bonds. The summed E-state index contributed by atoms with van der Waals surface area (Å²) in [4.78, 5) is 0. The van der Waals surface area contributed by atoms with E-state index in [0.717, 1.165) is 11.5 Å². The maximum Gasteiger partial charge on any atom is 0.119 e. The summed E-state index contributed by atoms with van der Waals surface area (Å²) in [5, 5.41) is 3.33. The molecule has 0 aliphatic heterocycles. The lowest BCUT2D eigenvalue weighted by Gasteiger charge is -2.18. The molecule has 0 saturated carbocycles. The van der Waals surface area contributed by atoms with Crippen LogP contribution in [-0.4, -0.2) is 21.3 Å². The molecule has 0 heterocycles. The van der Waals surface area contributed by atoms with Gasteiger partial charge < -0.3 is 14.8 Å². The van der Waals surface area contributed by atoms with Crippen molar-refractivity contribution in [3.8, 4) is 11.5 Å². The van der Waals surface area contributed by atoms with Gasteiger partial charge in [-0.05, 0) is 42.4 Å². The van der Waals surface area contributed by atoms with Crippen LogP contribution in [-0.2, 0) is 0 Å². The zero-order valence-electron chi connectivity index (χ0n) is 11.5. The Morgan fingerprint density at radius 2 is 1.53 bits per heavy atom. The van der Waals surface area contributed by atoms with Gasteiger partial charge >= 0.3 is 0 Å². The van der Waals surface area contributed by atoms with Crippen molar-refractivity contribution in [2.45, 2.75) is 6.04 Å². The minimum atomic E-state index is 0.140. The highest BCUT2D eigenvalue weighted by atomic mass is 16.5. The van der Waals surface area contributed by atoms with Crippen molar-refractivity contribution in [3.05, 3.63) is 59.7 Å². The third kappa shape index (κ3) is 3.06. The Kier molecular flexibility index (Phi) is 4.42. The first-order chi connectivity index (χ1) is 9.28. The number of benzene rings is 2. The van der Waals surface area contributed by atoms with E-state index < -0.39 is 0 Å². The molecule has 3 heteroatoms. The van der Waals surface area contributed by atoms with Gasteiger partial charge in [0.15, 0.2) is 0 Å². The Hall–Kier alpha value is -2.00. The Morgan fingerprint density at radius 3 is 2.11 bits per heavy atom. The Balaban J connectivity index is 2.31. The molecule has 1 unspecified atom stereocenters. The Bertz CT molecular complexity index is 523. The predicted molar refractivity (Wildman–Crippen MR) is 76.9 cm³/mol. The second-order valence-electron chi connectivity index (χ2n) is 4.27. The summed E-state index contributed by atoms with van der Waals surface area (Å²) in [7, 11) is 5.31. The zero-order chi connectivity index (χ0) is 13.7. The van der Waals surface area contributed by atoms with Gasteiger partial charge in [0.2, 0.25) is 0 Å². The van der Waals surface area contributed by atoms with E-state index in [0.29, 0.717) is 0 Å². The van der Waals surface area contributed by atoms with E-state index in [1.807, 2.05) is 37.4 Å². The minimum absolute atomic E-state index is 0.140. The van der Waals surface area contributed by atoms with Crippen LogP contribution >= 0.6 is 0 Å². The molecule has 0 aliphatic rings. The van der Waals surface area contributed by atoms with Gasteiger partial charge in [0.1, 0.15) is 11.5 Å². The van der Waals surface area contributed by atoms with Crippen LogP contribution in [0.2, 0.25) is 0 Å². The molecule has 1 atom stereocenters. The number of ether oxygens (including phenoxy) is 2. The topological polar surface area (TPSA) is 30.5 Å². The fourth-order valence-electron chi connectivity index (χ4n) is 2.14. The Morgan fingerprint density at radius 1 is 0.842 bits per heavy atom. The van der Waals surface area contributed by atoms with Gasteiger partial charge in [0, 0.05) is 0 Å². The third-order valence-electron chi connectivity index (χ3n) is 3.16. The maximum atomic E-state index is 5.27. The van der Waals surface area contributed by atoms with Gasteiger partial charge in [-0.1, -0.05) is 24.3 Å². The SMILES string of the molecule is CNC(c1ccc(OC)cc1)c1cccc(OC)c1. The highest BCUT2D eigenvalue weighted by Crippen LogP contribution is 2.26. The molecule has 2 aromatic rings. The molecule has 0 aromatic heterocycles. The van der Waals surface area contributed by atoms with Crippen molar-refractivity contribution >= 4 is 0 Å². The summed E-state index contributed by atoms with van der Waals surface area (Å²) in [5.41, 5.74) is 2.36. The van der Waals surface area contributed by atoms with Gasteiger partial charge in [0.25, 0.3) is 0 Å². The van der Waals surface area contributed by atoms with Gasteiger partial charge in [-0.2, -0.15) is 0 Å². The monoisotopic (exact) mass is 257 g/mol. The molecule has 0 radical (unpaired) electrons.